The Bertz CT molecular complexity index is 1120. The Labute approximate surface area is 192 Å². The SMILES string of the molecule is Cc1ccc(OCCN2C(=O)C(C)Oc3ccc(NC(=O)COc4ccccc4)cc32)cc1. The Hall–Kier alpha value is -4.00. The molecule has 0 aliphatic carbocycles. The highest BCUT2D eigenvalue weighted by Gasteiger charge is 2.31. The fourth-order valence-corrected chi connectivity index (χ4v) is 3.47. The lowest BCUT2D eigenvalue weighted by atomic mass is 10.1. The van der Waals surface area contributed by atoms with Crippen molar-refractivity contribution in [1.82, 2.24) is 0 Å². The van der Waals surface area contributed by atoms with Gasteiger partial charge in [-0.25, -0.2) is 0 Å². The third-order valence-electron chi connectivity index (χ3n) is 5.17. The van der Waals surface area contributed by atoms with Gasteiger partial charge >= 0.3 is 0 Å². The number of hydrogen-bond acceptors (Lipinski definition) is 5. The summed E-state index contributed by atoms with van der Waals surface area (Å²) in [5.41, 5.74) is 2.29. The zero-order valence-electron chi connectivity index (χ0n) is 18.6. The monoisotopic (exact) mass is 446 g/mol. The lowest BCUT2D eigenvalue weighted by Gasteiger charge is -2.33. The van der Waals surface area contributed by atoms with Crippen LogP contribution in [-0.4, -0.2) is 37.7 Å². The predicted molar refractivity (Wildman–Crippen MR) is 126 cm³/mol. The highest BCUT2D eigenvalue weighted by atomic mass is 16.5. The number of ether oxygens (including phenoxy) is 3. The minimum atomic E-state index is -0.600. The molecule has 0 saturated heterocycles. The zero-order chi connectivity index (χ0) is 23.2. The first-order chi connectivity index (χ1) is 16.0. The maximum atomic E-state index is 12.8. The Morgan fingerprint density at radius 1 is 1.00 bits per heavy atom. The molecule has 0 aromatic heterocycles. The molecule has 33 heavy (non-hydrogen) atoms. The van der Waals surface area contributed by atoms with E-state index >= 15 is 0 Å². The van der Waals surface area contributed by atoms with Crippen molar-refractivity contribution in [1.29, 1.82) is 0 Å². The van der Waals surface area contributed by atoms with Crippen molar-refractivity contribution in [3.63, 3.8) is 0 Å². The van der Waals surface area contributed by atoms with Gasteiger partial charge in [-0.05, 0) is 56.3 Å². The maximum Gasteiger partial charge on any atom is 0.267 e. The molecular formula is C26H26N2O5. The van der Waals surface area contributed by atoms with Crippen LogP contribution in [0.25, 0.3) is 0 Å². The van der Waals surface area contributed by atoms with Crippen LogP contribution in [0, 0.1) is 6.92 Å². The fourth-order valence-electron chi connectivity index (χ4n) is 3.47. The second-order valence-corrected chi connectivity index (χ2v) is 7.74. The molecule has 170 valence electrons. The Morgan fingerprint density at radius 2 is 1.73 bits per heavy atom. The summed E-state index contributed by atoms with van der Waals surface area (Å²) < 4.78 is 17.0. The molecule has 0 spiro atoms. The summed E-state index contributed by atoms with van der Waals surface area (Å²) in [4.78, 5) is 26.8. The summed E-state index contributed by atoms with van der Waals surface area (Å²) in [7, 11) is 0. The molecular weight excluding hydrogens is 420 g/mol. The van der Waals surface area contributed by atoms with Crippen LogP contribution < -0.4 is 24.4 Å². The van der Waals surface area contributed by atoms with E-state index in [1.165, 1.54) is 0 Å². The first-order valence-corrected chi connectivity index (χ1v) is 10.8. The molecule has 0 radical (unpaired) electrons. The molecule has 0 fully saturated rings. The number of carbonyl (C=O) groups excluding carboxylic acids is 2. The lowest BCUT2D eigenvalue weighted by molar-refractivity contribution is -0.125. The average Bonchev–Trinajstić information content (AvgIpc) is 2.82. The number of rotatable bonds is 8. The third kappa shape index (κ3) is 5.63. The van der Waals surface area contributed by atoms with E-state index in [0.717, 1.165) is 11.3 Å². The third-order valence-corrected chi connectivity index (χ3v) is 5.17. The number of amides is 2. The van der Waals surface area contributed by atoms with Crippen LogP contribution in [0.5, 0.6) is 17.2 Å². The molecule has 3 aromatic rings. The van der Waals surface area contributed by atoms with Crippen molar-refractivity contribution in [3.05, 3.63) is 78.4 Å². The quantitative estimate of drug-likeness (QED) is 0.561. The molecule has 7 heteroatoms. The molecule has 1 unspecified atom stereocenters. The van der Waals surface area contributed by atoms with Gasteiger partial charge in [-0.3, -0.25) is 9.59 Å². The number of anilines is 2. The molecule has 1 atom stereocenters. The highest BCUT2D eigenvalue weighted by molar-refractivity contribution is 6.01. The summed E-state index contributed by atoms with van der Waals surface area (Å²) >= 11 is 0. The molecule has 1 heterocycles. The van der Waals surface area contributed by atoms with Gasteiger partial charge in [0.2, 0.25) is 0 Å². The lowest BCUT2D eigenvalue weighted by Crippen LogP contribution is -2.46. The largest absolute Gasteiger partial charge is 0.492 e. The number of nitrogens with one attached hydrogen (secondary N) is 1. The Morgan fingerprint density at radius 3 is 2.48 bits per heavy atom. The summed E-state index contributed by atoms with van der Waals surface area (Å²) in [6.07, 6.45) is -0.600. The fraction of sp³-hybridized carbons (Fsp3) is 0.231. The smallest absolute Gasteiger partial charge is 0.267 e. The number of nitrogens with zero attached hydrogens (tertiary/aromatic N) is 1. The molecule has 1 aliphatic heterocycles. The van der Waals surface area contributed by atoms with Crippen LogP contribution in [-0.2, 0) is 9.59 Å². The van der Waals surface area contributed by atoms with E-state index in [4.69, 9.17) is 14.2 Å². The summed E-state index contributed by atoms with van der Waals surface area (Å²) in [5, 5.41) is 2.81. The van der Waals surface area contributed by atoms with Gasteiger partial charge in [0.05, 0.1) is 12.2 Å². The van der Waals surface area contributed by atoms with Crippen LogP contribution in [0.2, 0.25) is 0 Å². The molecule has 1 N–H and O–H groups in total. The second kappa shape index (κ2) is 10.1. The number of carbonyl (C=O) groups is 2. The van der Waals surface area contributed by atoms with Crippen molar-refractivity contribution in [3.8, 4) is 17.2 Å². The highest BCUT2D eigenvalue weighted by Crippen LogP contribution is 2.36. The predicted octanol–water partition coefficient (Wildman–Crippen LogP) is 4.21. The summed E-state index contributed by atoms with van der Waals surface area (Å²) in [6, 6.07) is 22.1. The number of hydrogen-bond donors (Lipinski definition) is 1. The first kappa shape index (κ1) is 22.2. The number of fused-ring (bicyclic) bond motifs is 1. The van der Waals surface area contributed by atoms with Crippen LogP contribution in [0.4, 0.5) is 11.4 Å². The van der Waals surface area contributed by atoms with Crippen molar-refractivity contribution in [2.45, 2.75) is 20.0 Å². The van der Waals surface area contributed by atoms with E-state index in [-0.39, 0.29) is 18.4 Å². The van der Waals surface area contributed by atoms with Crippen LogP contribution in [0.3, 0.4) is 0 Å². The van der Waals surface area contributed by atoms with Crippen molar-refractivity contribution >= 4 is 23.2 Å². The zero-order valence-corrected chi connectivity index (χ0v) is 18.6. The van der Waals surface area contributed by atoms with Crippen LogP contribution >= 0.6 is 0 Å². The Kier molecular flexibility index (Phi) is 6.78. The van der Waals surface area contributed by atoms with Gasteiger partial charge in [0.25, 0.3) is 11.8 Å². The van der Waals surface area contributed by atoms with E-state index in [0.29, 0.717) is 36.0 Å². The summed E-state index contributed by atoms with van der Waals surface area (Å²) in [6.45, 7) is 4.28. The molecule has 2 amide bonds. The van der Waals surface area contributed by atoms with Crippen molar-refractivity contribution in [2.24, 2.45) is 0 Å². The van der Waals surface area contributed by atoms with Gasteiger partial charge in [0, 0.05) is 5.69 Å². The first-order valence-electron chi connectivity index (χ1n) is 10.8. The minimum absolute atomic E-state index is 0.123. The number of benzene rings is 3. The molecule has 0 bridgehead atoms. The normalized spacial score (nSPS) is 14.8. The van der Waals surface area contributed by atoms with E-state index in [1.807, 2.05) is 49.4 Å². The van der Waals surface area contributed by atoms with E-state index in [9.17, 15) is 9.59 Å². The van der Waals surface area contributed by atoms with Gasteiger partial charge < -0.3 is 24.4 Å². The molecule has 3 aromatic carbocycles. The molecule has 7 nitrogen and oxygen atoms in total. The van der Waals surface area contributed by atoms with E-state index in [1.54, 1.807) is 42.2 Å². The van der Waals surface area contributed by atoms with E-state index < -0.39 is 6.10 Å². The van der Waals surface area contributed by atoms with Crippen LogP contribution in [0.1, 0.15) is 12.5 Å². The van der Waals surface area contributed by atoms with Crippen molar-refractivity contribution in [2.75, 3.05) is 30.0 Å². The van der Waals surface area contributed by atoms with Gasteiger partial charge in [0.1, 0.15) is 23.9 Å². The topological polar surface area (TPSA) is 77.1 Å². The van der Waals surface area contributed by atoms with Crippen molar-refractivity contribution < 1.29 is 23.8 Å². The van der Waals surface area contributed by atoms with Gasteiger partial charge in [0.15, 0.2) is 12.7 Å². The van der Waals surface area contributed by atoms with Gasteiger partial charge in [-0.2, -0.15) is 0 Å². The standard InChI is InChI=1S/C26H26N2O5/c1-18-8-11-22(12-9-18)31-15-14-28-23-16-20(10-13-24(23)33-19(2)26(28)30)27-25(29)17-32-21-6-4-3-5-7-21/h3-13,16,19H,14-15,17H2,1-2H3,(H,27,29). The van der Waals surface area contributed by atoms with Gasteiger partial charge in [-0.1, -0.05) is 35.9 Å². The molecule has 4 rings (SSSR count). The number of aryl methyl sites for hydroxylation is 1. The summed E-state index contributed by atoms with van der Waals surface area (Å²) in [5.74, 6) is 1.48. The van der Waals surface area contributed by atoms with Crippen LogP contribution in [0.15, 0.2) is 72.8 Å². The molecule has 0 saturated carbocycles. The molecule has 1 aliphatic rings. The Balaban J connectivity index is 1.41. The number of para-hydroxylation sites is 1. The average molecular weight is 447 g/mol. The second-order valence-electron chi connectivity index (χ2n) is 7.74. The minimum Gasteiger partial charge on any atom is -0.492 e. The van der Waals surface area contributed by atoms with E-state index in [2.05, 4.69) is 5.32 Å². The maximum absolute atomic E-state index is 12.8. The van der Waals surface area contributed by atoms with Gasteiger partial charge in [-0.15, -0.1) is 0 Å².